The molecular formula is C18H23N3O2S. The molecule has 0 spiro atoms. The van der Waals surface area contributed by atoms with Gasteiger partial charge < -0.3 is 20.6 Å². The molecular weight excluding hydrogens is 322 g/mol. The molecule has 2 atom stereocenters. The molecule has 0 aliphatic carbocycles. The van der Waals surface area contributed by atoms with Gasteiger partial charge in [-0.1, -0.05) is 30.3 Å². The van der Waals surface area contributed by atoms with Crippen LogP contribution in [0.15, 0.2) is 48.4 Å². The number of hydrogen-bond donors (Lipinski definition) is 3. The summed E-state index contributed by atoms with van der Waals surface area (Å²) in [7, 11) is 0. The lowest BCUT2D eigenvalue weighted by Crippen LogP contribution is -2.53. The quantitative estimate of drug-likeness (QED) is 0.715. The van der Waals surface area contributed by atoms with Crippen LogP contribution < -0.4 is 10.6 Å². The van der Waals surface area contributed by atoms with E-state index in [1.165, 1.54) is 17.3 Å². The molecule has 2 heterocycles. The molecule has 128 valence electrons. The van der Waals surface area contributed by atoms with E-state index in [-0.39, 0.29) is 23.3 Å². The Morgan fingerprint density at radius 1 is 1.46 bits per heavy atom. The second kappa shape index (κ2) is 7.32. The van der Waals surface area contributed by atoms with Crippen molar-refractivity contribution in [3.8, 4) is 0 Å². The van der Waals surface area contributed by atoms with E-state index >= 15 is 0 Å². The van der Waals surface area contributed by atoms with Gasteiger partial charge in [0.2, 0.25) is 0 Å². The molecule has 1 amide bonds. The van der Waals surface area contributed by atoms with Crippen molar-refractivity contribution in [3.05, 3.63) is 59.5 Å². The molecule has 2 unspecified atom stereocenters. The number of fused-ring (bicyclic) bond motifs is 1. The first-order valence-corrected chi connectivity index (χ1v) is 9.26. The molecule has 2 aliphatic heterocycles. The first-order valence-electron chi connectivity index (χ1n) is 8.21. The minimum Gasteiger partial charge on any atom is -0.494 e. The Bertz CT molecular complexity index is 674. The lowest BCUT2D eigenvalue weighted by molar-refractivity contribution is -0.120. The van der Waals surface area contributed by atoms with Gasteiger partial charge >= 0.3 is 0 Å². The Labute approximate surface area is 146 Å². The van der Waals surface area contributed by atoms with Crippen molar-refractivity contribution in [2.24, 2.45) is 0 Å². The van der Waals surface area contributed by atoms with Crippen LogP contribution in [0.4, 0.5) is 0 Å². The highest BCUT2D eigenvalue weighted by atomic mass is 32.2. The first-order chi connectivity index (χ1) is 11.7. The average Bonchev–Trinajstić information content (AvgIpc) is 2.60. The molecule has 0 bridgehead atoms. The monoisotopic (exact) mass is 345 g/mol. The van der Waals surface area contributed by atoms with E-state index in [1.807, 2.05) is 30.0 Å². The number of aliphatic hydroxyl groups is 1. The van der Waals surface area contributed by atoms with Gasteiger partial charge in [0, 0.05) is 18.8 Å². The SMILES string of the molecule is C=CCSC1NC(=O)C(C2NCCc3ccccc32)=C(O)N1CC. The van der Waals surface area contributed by atoms with Crippen molar-refractivity contribution in [2.45, 2.75) is 24.9 Å². The predicted molar refractivity (Wildman–Crippen MR) is 97.5 cm³/mol. The van der Waals surface area contributed by atoms with E-state index in [4.69, 9.17) is 0 Å². The number of amides is 1. The summed E-state index contributed by atoms with van der Waals surface area (Å²) in [5.41, 5.74) is 2.41. The van der Waals surface area contributed by atoms with E-state index in [9.17, 15) is 9.90 Å². The van der Waals surface area contributed by atoms with Gasteiger partial charge in [-0.3, -0.25) is 4.79 Å². The topological polar surface area (TPSA) is 64.6 Å². The van der Waals surface area contributed by atoms with Crippen LogP contribution in [-0.4, -0.2) is 40.3 Å². The molecule has 6 heteroatoms. The van der Waals surface area contributed by atoms with Crippen LogP contribution in [0.1, 0.15) is 24.1 Å². The maximum atomic E-state index is 12.7. The number of aliphatic hydroxyl groups excluding tert-OH is 1. The second-order valence-electron chi connectivity index (χ2n) is 5.81. The van der Waals surface area contributed by atoms with Crippen LogP contribution in [0.5, 0.6) is 0 Å². The number of rotatable bonds is 5. The van der Waals surface area contributed by atoms with Gasteiger partial charge in [-0.25, -0.2) is 0 Å². The molecule has 0 saturated carbocycles. The van der Waals surface area contributed by atoms with Crippen LogP contribution in [-0.2, 0) is 11.2 Å². The molecule has 0 fully saturated rings. The fraction of sp³-hybridized carbons (Fsp3) is 0.389. The number of carbonyl (C=O) groups excluding carboxylic acids is 1. The Morgan fingerprint density at radius 3 is 3.00 bits per heavy atom. The summed E-state index contributed by atoms with van der Waals surface area (Å²) in [5, 5.41) is 17.2. The normalized spacial score (nSPS) is 23.7. The Balaban J connectivity index is 1.98. The smallest absolute Gasteiger partial charge is 0.256 e. The van der Waals surface area contributed by atoms with E-state index in [1.54, 1.807) is 6.08 Å². The van der Waals surface area contributed by atoms with Gasteiger partial charge in [-0.05, 0) is 24.5 Å². The fourth-order valence-electron chi connectivity index (χ4n) is 3.26. The Kier molecular flexibility index (Phi) is 5.16. The average molecular weight is 345 g/mol. The minimum absolute atomic E-state index is 0.0667. The van der Waals surface area contributed by atoms with E-state index in [0.717, 1.165) is 18.5 Å². The zero-order chi connectivity index (χ0) is 17.1. The molecule has 3 rings (SSSR count). The highest BCUT2D eigenvalue weighted by Gasteiger charge is 2.38. The van der Waals surface area contributed by atoms with Gasteiger partial charge in [-0.2, -0.15) is 0 Å². The molecule has 3 N–H and O–H groups in total. The van der Waals surface area contributed by atoms with Crippen molar-refractivity contribution in [1.82, 2.24) is 15.5 Å². The molecule has 0 radical (unpaired) electrons. The second-order valence-corrected chi connectivity index (χ2v) is 6.92. The third kappa shape index (κ3) is 3.03. The van der Waals surface area contributed by atoms with Crippen LogP contribution in [0, 0.1) is 0 Å². The maximum absolute atomic E-state index is 12.7. The lowest BCUT2D eigenvalue weighted by atomic mass is 9.89. The molecule has 1 aromatic rings. The summed E-state index contributed by atoms with van der Waals surface area (Å²) in [6.45, 7) is 7.07. The van der Waals surface area contributed by atoms with Crippen molar-refractivity contribution in [2.75, 3.05) is 18.8 Å². The standard InChI is InChI=1S/C18H23N3O2S/c1-3-11-24-18-20-16(22)14(17(23)21(18)4-2)15-13-8-6-5-7-12(13)9-10-19-15/h3,5-8,15,18-19,23H,1,4,9-11H2,2H3,(H,20,22). The number of nitrogens with one attached hydrogen (secondary N) is 2. The highest BCUT2D eigenvalue weighted by Crippen LogP contribution is 2.34. The number of carbonyl (C=O) groups is 1. The highest BCUT2D eigenvalue weighted by molar-refractivity contribution is 7.99. The molecule has 0 saturated heterocycles. The third-order valence-corrected chi connectivity index (χ3v) is 5.52. The van der Waals surface area contributed by atoms with Crippen LogP contribution in [0.2, 0.25) is 0 Å². The maximum Gasteiger partial charge on any atom is 0.256 e. The molecule has 5 nitrogen and oxygen atoms in total. The molecule has 2 aliphatic rings. The summed E-state index contributed by atoms with van der Waals surface area (Å²) >= 11 is 1.53. The molecule has 24 heavy (non-hydrogen) atoms. The Hall–Kier alpha value is -1.92. The summed E-state index contributed by atoms with van der Waals surface area (Å²) in [6, 6.07) is 7.80. The third-order valence-electron chi connectivity index (χ3n) is 4.41. The Morgan fingerprint density at radius 2 is 2.25 bits per heavy atom. The number of hydrogen-bond acceptors (Lipinski definition) is 5. The zero-order valence-corrected chi connectivity index (χ0v) is 14.6. The van der Waals surface area contributed by atoms with Gasteiger partial charge in [0.05, 0.1) is 11.6 Å². The van der Waals surface area contributed by atoms with E-state index in [2.05, 4.69) is 23.3 Å². The van der Waals surface area contributed by atoms with Crippen LogP contribution >= 0.6 is 11.8 Å². The minimum atomic E-state index is -0.283. The van der Waals surface area contributed by atoms with Gasteiger partial charge in [-0.15, -0.1) is 18.3 Å². The first kappa shape index (κ1) is 16.9. The van der Waals surface area contributed by atoms with Gasteiger partial charge in [0.15, 0.2) is 11.4 Å². The van der Waals surface area contributed by atoms with Gasteiger partial charge in [0.25, 0.3) is 5.91 Å². The largest absolute Gasteiger partial charge is 0.494 e. The van der Waals surface area contributed by atoms with Gasteiger partial charge in [0.1, 0.15) is 0 Å². The lowest BCUT2D eigenvalue weighted by Gasteiger charge is -2.39. The van der Waals surface area contributed by atoms with Crippen molar-refractivity contribution in [1.29, 1.82) is 0 Å². The van der Waals surface area contributed by atoms with Crippen LogP contribution in [0.3, 0.4) is 0 Å². The van der Waals surface area contributed by atoms with Crippen molar-refractivity contribution in [3.63, 3.8) is 0 Å². The van der Waals surface area contributed by atoms with E-state index < -0.39 is 0 Å². The summed E-state index contributed by atoms with van der Waals surface area (Å²) in [4.78, 5) is 14.5. The zero-order valence-electron chi connectivity index (χ0n) is 13.8. The number of thioether (sulfide) groups is 1. The van der Waals surface area contributed by atoms with Crippen LogP contribution in [0.25, 0.3) is 0 Å². The number of nitrogens with zero attached hydrogens (tertiary/aromatic N) is 1. The van der Waals surface area contributed by atoms with E-state index in [0.29, 0.717) is 17.9 Å². The summed E-state index contributed by atoms with van der Waals surface area (Å²) in [5.74, 6) is 0.555. The van der Waals surface area contributed by atoms with Crippen molar-refractivity contribution >= 4 is 17.7 Å². The molecule has 1 aromatic carbocycles. The fourth-order valence-corrected chi connectivity index (χ4v) is 4.20. The summed E-state index contributed by atoms with van der Waals surface area (Å²) < 4.78 is 0. The number of benzene rings is 1. The predicted octanol–water partition coefficient (Wildman–Crippen LogP) is 2.30. The summed E-state index contributed by atoms with van der Waals surface area (Å²) in [6.07, 6.45) is 2.72. The van der Waals surface area contributed by atoms with Crippen molar-refractivity contribution < 1.29 is 9.90 Å². The molecule has 0 aromatic heterocycles.